The number of benzene rings is 1. The van der Waals surface area contributed by atoms with Gasteiger partial charge in [0.1, 0.15) is 11.6 Å². The number of nitrogens with zero attached hydrogens (tertiary/aromatic N) is 1. The summed E-state index contributed by atoms with van der Waals surface area (Å²) in [5, 5.41) is 17.7. The third kappa shape index (κ3) is 2.01. The first-order chi connectivity index (χ1) is 8.11. The molecule has 0 aliphatic rings. The monoisotopic (exact) mass is 228 g/mol. The summed E-state index contributed by atoms with van der Waals surface area (Å²) in [6.07, 6.45) is 1.20. The number of carboxylic acids is 1. The molecule has 5 heteroatoms. The minimum atomic E-state index is -0.961. The zero-order valence-electron chi connectivity index (χ0n) is 8.73. The Morgan fingerprint density at radius 3 is 2.88 bits per heavy atom. The van der Waals surface area contributed by atoms with E-state index < -0.39 is 5.97 Å². The van der Waals surface area contributed by atoms with Crippen LogP contribution in [-0.2, 0) is 11.2 Å². The van der Waals surface area contributed by atoms with Gasteiger partial charge in [-0.25, -0.2) is 0 Å². The Balaban J connectivity index is 2.67. The number of hydrogen-bond acceptors (Lipinski definition) is 3. The van der Waals surface area contributed by atoms with Crippen LogP contribution in [0.25, 0.3) is 10.9 Å². The highest BCUT2D eigenvalue weighted by Crippen LogP contribution is 2.11. The lowest BCUT2D eigenvalue weighted by molar-refractivity contribution is -0.136. The van der Waals surface area contributed by atoms with Crippen molar-refractivity contribution in [1.29, 1.82) is 5.26 Å². The molecule has 0 fully saturated rings. The molecule has 0 amide bonds. The Morgan fingerprint density at radius 2 is 2.24 bits per heavy atom. The van der Waals surface area contributed by atoms with E-state index in [-0.39, 0.29) is 17.4 Å². The van der Waals surface area contributed by atoms with E-state index in [0.717, 1.165) is 0 Å². The molecule has 0 aliphatic heterocycles. The minimum Gasteiger partial charge on any atom is -0.481 e. The van der Waals surface area contributed by atoms with Crippen molar-refractivity contribution in [2.24, 2.45) is 0 Å². The Labute approximate surface area is 95.9 Å². The zero-order valence-corrected chi connectivity index (χ0v) is 8.73. The van der Waals surface area contributed by atoms with E-state index in [1.807, 2.05) is 0 Å². The molecule has 0 radical (unpaired) electrons. The molecule has 2 aromatic rings. The fourth-order valence-electron chi connectivity index (χ4n) is 1.63. The van der Waals surface area contributed by atoms with Crippen molar-refractivity contribution in [3.05, 3.63) is 45.7 Å². The topological polar surface area (TPSA) is 93.9 Å². The summed E-state index contributed by atoms with van der Waals surface area (Å²) < 4.78 is 0. The summed E-state index contributed by atoms with van der Waals surface area (Å²) in [7, 11) is 0. The van der Waals surface area contributed by atoms with E-state index in [1.54, 1.807) is 18.2 Å². The Hall–Kier alpha value is -2.61. The van der Waals surface area contributed by atoms with E-state index in [2.05, 4.69) is 4.98 Å². The first kappa shape index (κ1) is 10.9. The highest BCUT2D eigenvalue weighted by atomic mass is 16.4. The second-order valence-electron chi connectivity index (χ2n) is 3.59. The van der Waals surface area contributed by atoms with Crippen molar-refractivity contribution in [2.75, 3.05) is 0 Å². The average molecular weight is 228 g/mol. The van der Waals surface area contributed by atoms with Crippen molar-refractivity contribution < 1.29 is 9.90 Å². The molecule has 2 rings (SSSR count). The number of H-pyrrole nitrogens is 1. The Morgan fingerprint density at radius 1 is 1.47 bits per heavy atom. The van der Waals surface area contributed by atoms with Gasteiger partial charge < -0.3 is 10.1 Å². The normalized spacial score (nSPS) is 10.1. The predicted molar refractivity (Wildman–Crippen MR) is 60.6 cm³/mol. The number of nitriles is 1. The molecule has 0 atom stereocenters. The second kappa shape index (κ2) is 4.10. The van der Waals surface area contributed by atoms with E-state index in [1.165, 1.54) is 12.3 Å². The van der Waals surface area contributed by atoms with Crippen molar-refractivity contribution in [3.63, 3.8) is 0 Å². The first-order valence-corrected chi connectivity index (χ1v) is 4.88. The van der Waals surface area contributed by atoms with Crippen LogP contribution in [0, 0.1) is 11.3 Å². The van der Waals surface area contributed by atoms with E-state index in [9.17, 15) is 9.59 Å². The van der Waals surface area contributed by atoms with Crippen LogP contribution in [0.2, 0.25) is 0 Å². The molecular weight excluding hydrogens is 220 g/mol. The molecule has 0 unspecified atom stereocenters. The van der Waals surface area contributed by atoms with Crippen LogP contribution in [0.1, 0.15) is 11.1 Å². The SMILES string of the molecule is N#Cc1c[nH]c2ccc(CC(=O)O)cc2c1=O. The molecule has 1 aromatic carbocycles. The largest absolute Gasteiger partial charge is 0.481 e. The summed E-state index contributed by atoms with van der Waals surface area (Å²) in [5.41, 5.74) is 0.757. The van der Waals surface area contributed by atoms with Gasteiger partial charge in [0, 0.05) is 17.1 Å². The number of nitrogens with one attached hydrogen (secondary N) is 1. The predicted octanol–water partition coefficient (Wildman–Crippen LogP) is 1.03. The van der Waals surface area contributed by atoms with Gasteiger partial charge in [-0.2, -0.15) is 5.26 Å². The van der Waals surface area contributed by atoms with E-state index >= 15 is 0 Å². The third-order valence-corrected chi connectivity index (χ3v) is 2.42. The number of rotatable bonds is 2. The maximum atomic E-state index is 11.8. The van der Waals surface area contributed by atoms with Crippen LogP contribution in [-0.4, -0.2) is 16.1 Å². The fraction of sp³-hybridized carbons (Fsp3) is 0.0833. The minimum absolute atomic E-state index is 0.0185. The Bertz CT molecular complexity index is 695. The quantitative estimate of drug-likeness (QED) is 0.802. The summed E-state index contributed by atoms with van der Waals surface area (Å²) in [5.74, 6) is -0.961. The summed E-state index contributed by atoms with van der Waals surface area (Å²) >= 11 is 0. The van der Waals surface area contributed by atoms with Gasteiger partial charge in [0.15, 0.2) is 0 Å². The summed E-state index contributed by atoms with van der Waals surface area (Å²) in [6, 6.07) is 6.56. The van der Waals surface area contributed by atoms with E-state index in [0.29, 0.717) is 16.5 Å². The van der Waals surface area contributed by atoms with Gasteiger partial charge in [0.05, 0.1) is 6.42 Å². The lowest BCUT2D eigenvalue weighted by Crippen LogP contribution is -2.08. The van der Waals surface area contributed by atoms with Gasteiger partial charge in [-0.15, -0.1) is 0 Å². The lowest BCUT2D eigenvalue weighted by Gasteiger charge is -2.01. The number of aromatic nitrogens is 1. The van der Waals surface area contributed by atoms with Gasteiger partial charge in [0.2, 0.25) is 5.43 Å². The molecule has 84 valence electrons. The van der Waals surface area contributed by atoms with Crippen LogP contribution in [0.5, 0.6) is 0 Å². The van der Waals surface area contributed by atoms with Gasteiger partial charge in [-0.05, 0) is 17.7 Å². The molecule has 0 saturated carbocycles. The highest BCUT2D eigenvalue weighted by Gasteiger charge is 2.07. The number of hydrogen-bond donors (Lipinski definition) is 2. The standard InChI is InChI=1S/C12H8N2O3/c13-5-8-6-14-10-2-1-7(4-11(15)16)3-9(10)12(8)17/h1-3,6H,4H2,(H,14,17)(H,15,16). The number of carbonyl (C=O) groups is 1. The first-order valence-electron chi connectivity index (χ1n) is 4.88. The Kier molecular flexibility index (Phi) is 2.63. The van der Waals surface area contributed by atoms with Crippen molar-refractivity contribution in [1.82, 2.24) is 4.98 Å². The van der Waals surface area contributed by atoms with Crippen molar-refractivity contribution >= 4 is 16.9 Å². The molecule has 0 saturated heterocycles. The smallest absolute Gasteiger partial charge is 0.307 e. The number of fused-ring (bicyclic) bond motifs is 1. The highest BCUT2D eigenvalue weighted by molar-refractivity contribution is 5.81. The summed E-state index contributed by atoms with van der Waals surface area (Å²) in [4.78, 5) is 25.2. The second-order valence-corrected chi connectivity index (χ2v) is 3.59. The van der Waals surface area contributed by atoms with Crippen LogP contribution in [0.3, 0.4) is 0 Å². The van der Waals surface area contributed by atoms with E-state index in [4.69, 9.17) is 10.4 Å². The van der Waals surface area contributed by atoms with Crippen LogP contribution in [0.15, 0.2) is 29.2 Å². The van der Waals surface area contributed by atoms with Crippen LogP contribution in [0.4, 0.5) is 0 Å². The lowest BCUT2D eigenvalue weighted by atomic mass is 10.1. The van der Waals surface area contributed by atoms with Crippen LogP contribution < -0.4 is 5.43 Å². The number of pyridine rings is 1. The molecule has 0 bridgehead atoms. The maximum absolute atomic E-state index is 11.8. The van der Waals surface area contributed by atoms with Crippen molar-refractivity contribution in [3.8, 4) is 6.07 Å². The van der Waals surface area contributed by atoms with Gasteiger partial charge in [-0.3, -0.25) is 9.59 Å². The number of aliphatic carboxylic acids is 1. The molecule has 0 aliphatic carbocycles. The zero-order chi connectivity index (χ0) is 12.4. The summed E-state index contributed by atoms with van der Waals surface area (Å²) in [6.45, 7) is 0. The molecule has 0 spiro atoms. The molecular formula is C12H8N2O3. The molecule has 1 aromatic heterocycles. The molecule has 17 heavy (non-hydrogen) atoms. The molecule has 1 heterocycles. The molecule has 5 nitrogen and oxygen atoms in total. The molecule has 2 N–H and O–H groups in total. The van der Waals surface area contributed by atoms with Gasteiger partial charge >= 0.3 is 5.97 Å². The fourth-order valence-corrected chi connectivity index (χ4v) is 1.63. The number of aromatic amines is 1. The average Bonchev–Trinajstić information content (AvgIpc) is 2.29. The maximum Gasteiger partial charge on any atom is 0.307 e. The number of carboxylic acid groups (broad SMARTS) is 1. The van der Waals surface area contributed by atoms with Gasteiger partial charge in [0.25, 0.3) is 0 Å². The third-order valence-electron chi connectivity index (χ3n) is 2.42. The van der Waals surface area contributed by atoms with Crippen LogP contribution >= 0.6 is 0 Å². The van der Waals surface area contributed by atoms with Gasteiger partial charge in [-0.1, -0.05) is 6.07 Å². The van der Waals surface area contributed by atoms with Crippen molar-refractivity contribution in [2.45, 2.75) is 6.42 Å².